The van der Waals surface area contributed by atoms with Crippen LogP contribution in [0.4, 0.5) is 5.82 Å². The number of carbonyl (C=O) groups is 1. The quantitative estimate of drug-likeness (QED) is 0.638. The fraction of sp³-hybridized carbons (Fsp3) is 0.389. The van der Waals surface area contributed by atoms with Crippen LogP contribution in [0.15, 0.2) is 36.8 Å². The SMILES string of the molecule is COC(=O)/C=C/c1ccc(N2CCCC(n3ccnc3C)C2)nc1. The Labute approximate surface area is 141 Å². The molecule has 126 valence electrons. The lowest BCUT2D eigenvalue weighted by Gasteiger charge is -2.34. The fourth-order valence-electron chi connectivity index (χ4n) is 3.08. The summed E-state index contributed by atoms with van der Waals surface area (Å²) < 4.78 is 6.84. The van der Waals surface area contributed by atoms with Gasteiger partial charge in [0.25, 0.3) is 0 Å². The van der Waals surface area contributed by atoms with E-state index in [0.29, 0.717) is 6.04 Å². The number of imidazole rings is 1. The third-order valence-corrected chi connectivity index (χ3v) is 4.36. The highest BCUT2D eigenvalue weighted by atomic mass is 16.5. The van der Waals surface area contributed by atoms with E-state index in [1.54, 1.807) is 12.3 Å². The Bertz CT molecular complexity index is 721. The standard InChI is InChI=1S/C18H22N4O2/c1-14-19-9-11-22(14)16-4-3-10-21(13-16)17-7-5-15(12-20-17)6-8-18(23)24-2/h5-9,11-12,16H,3-4,10,13H2,1-2H3/b8-6+. The van der Waals surface area contributed by atoms with Crippen LogP contribution in [0.5, 0.6) is 0 Å². The minimum Gasteiger partial charge on any atom is -0.466 e. The zero-order valence-electron chi connectivity index (χ0n) is 14.1. The van der Waals surface area contributed by atoms with Gasteiger partial charge in [0.1, 0.15) is 11.6 Å². The molecule has 0 radical (unpaired) electrons. The third kappa shape index (κ3) is 3.64. The summed E-state index contributed by atoms with van der Waals surface area (Å²) in [6.07, 6.45) is 11.1. The molecule has 1 aliphatic heterocycles. The van der Waals surface area contributed by atoms with Gasteiger partial charge in [-0.2, -0.15) is 0 Å². The first-order valence-corrected chi connectivity index (χ1v) is 8.14. The Hall–Kier alpha value is -2.63. The topological polar surface area (TPSA) is 60.2 Å². The number of aryl methyl sites for hydroxylation is 1. The van der Waals surface area contributed by atoms with Crippen molar-refractivity contribution in [2.75, 3.05) is 25.1 Å². The minimum atomic E-state index is -0.367. The number of rotatable bonds is 4. The lowest BCUT2D eigenvalue weighted by Crippen LogP contribution is -2.37. The van der Waals surface area contributed by atoms with Crippen molar-refractivity contribution >= 4 is 17.9 Å². The van der Waals surface area contributed by atoms with Crippen molar-refractivity contribution in [1.82, 2.24) is 14.5 Å². The molecule has 3 heterocycles. The van der Waals surface area contributed by atoms with E-state index in [9.17, 15) is 4.79 Å². The predicted octanol–water partition coefficient (Wildman–Crippen LogP) is 2.61. The van der Waals surface area contributed by atoms with Gasteiger partial charge < -0.3 is 14.2 Å². The summed E-state index contributed by atoms with van der Waals surface area (Å²) in [5.41, 5.74) is 0.878. The van der Waals surface area contributed by atoms with Gasteiger partial charge in [0.2, 0.25) is 0 Å². The van der Waals surface area contributed by atoms with Gasteiger partial charge in [0.05, 0.1) is 13.2 Å². The van der Waals surface area contributed by atoms with Crippen molar-refractivity contribution in [3.63, 3.8) is 0 Å². The van der Waals surface area contributed by atoms with Gasteiger partial charge in [-0.3, -0.25) is 0 Å². The molecule has 0 aromatic carbocycles. The van der Waals surface area contributed by atoms with Crippen LogP contribution in [-0.2, 0) is 9.53 Å². The maximum Gasteiger partial charge on any atom is 0.330 e. The Kier molecular flexibility index (Phi) is 4.93. The first-order valence-electron chi connectivity index (χ1n) is 8.14. The molecule has 0 spiro atoms. The van der Waals surface area contributed by atoms with E-state index in [4.69, 9.17) is 0 Å². The normalized spacial score (nSPS) is 18.1. The van der Waals surface area contributed by atoms with Crippen LogP contribution in [0.25, 0.3) is 6.08 Å². The number of piperidine rings is 1. The van der Waals surface area contributed by atoms with E-state index in [1.165, 1.54) is 13.2 Å². The molecule has 0 amide bonds. The second-order valence-corrected chi connectivity index (χ2v) is 5.93. The Morgan fingerprint density at radius 2 is 2.25 bits per heavy atom. The third-order valence-electron chi connectivity index (χ3n) is 4.36. The van der Waals surface area contributed by atoms with Crippen LogP contribution in [0.2, 0.25) is 0 Å². The molecular weight excluding hydrogens is 304 g/mol. The molecule has 0 aliphatic carbocycles. The smallest absolute Gasteiger partial charge is 0.330 e. The van der Waals surface area contributed by atoms with Crippen molar-refractivity contribution < 1.29 is 9.53 Å². The van der Waals surface area contributed by atoms with E-state index in [2.05, 4.69) is 30.4 Å². The average Bonchev–Trinajstić information content (AvgIpc) is 3.06. The molecular formula is C18H22N4O2. The number of aromatic nitrogens is 3. The Balaban J connectivity index is 1.69. The van der Waals surface area contributed by atoms with Gasteiger partial charge in [-0.1, -0.05) is 0 Å². The van der Waals surface area contributed by atoms with E-state index >= 15 is 0 Å². The average molecular weight is 326 g/mol. The number of methoxy groups -OCH3 is 1. The maximum atomic E-state index is 11.1. The first-order chi connectivity index (χ1) is 11.7. The summed E-state index contributed by atoms with van der Waals surface area (Å²) in [5.74, 6) is 1.65. The highest BCUT2D eigenvalue weighted by Gasteiger charge is 2.22. The van der Waals surface area contributed by atoms with Gasteiger partial charge in [0, 0.05) is 37.8 Å². The van der Waals surface area contributed by atoms with Crippen molar-refractivity contribution in [3.8, 4) is 0 Å². The molecule has 6 heteroatoms. The number of ether oxygens (including phenoxy) is 1. The lowest BCUT2D eigenvalue weighted by atomic mass is 10.1. The number of carbonyl (C=O) groups excluding carboxylic acids is 1. The Morgan fingerprint density at radius 1 is 1.38 bits per heavy atom. The van der Waals surface area contributed by atoms with Crippen molar-refractivity contribution in [1.29, 1.82) is 0 Å². The summed E-state index contributed by atoms with van der Waals surface area (Å²) in [4.78, 5) is 22.3. The number of pyridine rings is 1. The molecule has 1 fully saturated rings. The highest BCUT2D eigenvalue weighted by Crippen LogP contribution is 2.26. The largest absolute Gasteiger partial charge is 0.466 e. The second kappa shape index (κ2) is 7.29. The number of hydrogen-bond donors (Lipinski definition) is 0. The maximum absolute atomic E-state index is 11.1. The van der Waals surface area contributed by atoms with Crippen molar-refractivity contribution in [2.45, 2.75) is 25.8 Å². The monoisotopic (exact) mass is 326 g/mol. The minimum absolute atomic E-state index is 0.367. The highest BCUT2D eigenvalue weighted by molar-refractivity contribution is 5.86. The molecule has 1 aliphatic rings. The number of anilines is 1. The summed E-state index contributed by atoms with van der Waals surface area (Å²) in [6.45, 7) is 3.98. The molecule has 2 aromatic heterocycles. The van der Waals surface area contributed by atoms with Crippen molar-refractivity contribution in [3.05, 3.63) is 48.2 Å². The molecule has 6 nitrogen and oxygen atoms in total. The molecule has 24 heavy (non-hydrogen) atoms. The van der Waals surface area contributed by atoms with Gasteiger partial charge in [0.15, 0.2) is 0 Å². The van der Waals surface area contributed by atoms with Gasteiger partial charge in [-0.05, 0) is 43.5 Å². The molecule has 1 atom stereocenters. The van der Waals surface area contributed by atoms with Crippen molar-refractivity contribution in [2.24, 2.45) is 0 Å². The summed E-state index contributed by atoms with van der Waals surface area (Å²) in [7, 11) is 1.36. The molecule has 1 saturated heterocycles. The zero-order valence-corrected chi connectivity index (χ0v) is 14.1. The van der Waals surface area contributed by atoms with Crippen LogP contribution in [0.1, 0.15) is 30.3 Å². The van der Waals surface area contributed by atoms with Crippen LogP contribution in [-0.4, -0.2) is 40.7 Å². The number of esters is 1. The molecule has 1 unspecified atom stereocenters. The molecule has 0 saturated carbocycles. The van der Waals surface area contributed by atoms with Gasteiger partial charge in [-0.15, -0.1) is 0 Å². The van der Waals surface area contributed by atoms with Gasteiger partial charge >= 0.3 is 5.97 Å². The van der Waals surface area contributed by atoms with E-state index in [0.717, 1.165) is 43.1 Å². The van der Waals surface area contributed by atoms with Crippen LogP contribution in [0, 0.1) is 6.92 Å². The van der Waals surface area contributed by atoms with E-state index < -0.39 is 0 Å². The van der Waals surface area contributed by atoms with E-state index in [1.807, 2.05) is 25.3 Å². The molecule has 3 rings (SSSR count). The molecule has 0 N–H and O–H groups in total. The molecule has 2 aromatic rings. The van der Waals surface area contributed by atoms with Crippen LogP contribution in [0.3, 0.4) is 0 Å². The lowest BCUT2D eigenvalue weighted by molar-refractivity contribution is -0.134. The molecule has 0 bridgehead atoms. The van der Waals surface area contributed by atoms with Gasteiger partial charge in [-0.25, -0.2) is 14.8 Å². The summed E-state index contributed by atoms with van der Waals surface area (Å²) in [5, 5.41) is 0. The number of nitrogens with zero attached hydrogens (tertiary/aromatic N) is 4. The summed E-state index contributed by atoms with van der Waals surface area (Å²) in [6, 6.07) is 4.40. The zero-order chi connectivity index (χ0) is 16.9. The Morgan fingerprint density at radius 3 is 2.92 bits per heavy atom. The first kappa shape index (κ1) is 16.2. The fourth-order valence-corrected chi connectivity index (χ4v) is 3.08. The van der Waals surface area contributed by atoms with Crippen LogP contribution < -0.4 is 4.90 Å². The second-order valence-electron chi connectivity index (χ2n) is 5.93. The summed E-state index contributed by atoms with van der Waals surface area (Å²) >= 11 is 0. The van der Waals surface area contributed by atoms with E-state index in [-0.39, 0.29) is 5.97 Å². The number of hydrogen-bond acceptors (Lipinski definition) is 5. The van der Waals surface area contributed by atoms with Crippen LogP contribution >= 0.6 is 0 Å². The predicted molar refractivity (Wildman–Crippen MR) is 92.7 cm³/mol.